The molecule has 0 fully saturated rings. The van der Waals surface area contributed by atoms with Gasteiger partial charge in [0.05, 0.1) is 10.7 Å². The normalized spacial score (nSPS) is 14.8. The lowest BCUT2D eigenvalue weighted by atomic mass is 10.00. The van der Waals surface area contributed by atoms with Crippen LogP contribution in [0.25, 0.3) is 0 Å². The van der Waals surface area contributed by atoms with Crippen molar-refractivity contribution >= 4 is 42.8 Å². The van der Waals surface area contributed by atoms with Crippen molar-refractivity contribution in [3.63, 3.8) is 0 Å². The van der Waals surface area contributed by atoms with E-state index >= 15 is 0 Å². The number of carbonyl (C=O) groups excluding carboxylic acids is 2. The molecular formula is C24H40INO6Si. The number of ether oxygens (including phenoxy) is 3. The molecule has 0 saturated carbocycles. The predicted molar refractivity (Wildman–Crippen MR) is 141 cm³/mol. The molecule has 9 heteroatoms. The molecule has 0 aliphatic heterocycles. The molecule has 3 atom stereocenters. The summed E-state index contributed by atoms with van der Waals surface area (Å²) < 4.78 is 22.8. The Hall–Kier alpha value is -1.17. The number of esters is 1. The minimum absolute atomic E-state index is 0.00980. The standard InChI is InChI=1S/C24H40INO6Si/c1-10-16(2)21(32-33(8,9)24(3,4)5)22(27)26-19(23(28)30-7)14-17-11-12-20(18(25)13-17)31-15-29-6/h11-13,16,19,21H,10,14-15H2,1-9H3,(H,26,27)/t16-,19-,21-/m0/s1. The van der Waals surface area contributed by atoms with Gasteiger partial charge in [-0.25, -0.2) is 4.79 Å². The van der Waals surface area contributed by atoms with E-state index in [9.17, 15) is 9.59 Å². The van der Waals surface area contributed by atoms with E-state index in [-0.39, 0.29) is 23.7 Å². The molecule has 0 radical (unpaired) electrons. The second kappa shape index (κ2) is 13.1. The van der Waals surface area contributed by atoms with Gasteiger partial charge in [-0.3, -0.25) is 4.79 Å². The van der Waals surface area contributed by atoms with Crippen molar-refractivity contribution in [3.8, 4) is 5.75 Å². The Morgan fingerprint density at radius 2 is 1.82 bits per heavy atom. The van der Waals surface area contributed by atoms with Crippen molar-refractivity contribution in [2.24, 2.45) is 5.92 Å². The zero-order chi connectivity index (χ0) is 25.4. The minimum atomic E-state index is -2.20. The van der Waals surface area contributed by atoms with Gasteiger partial charge >= 0.3 is 5.97 Å². The van der Waals surface area contributed by atoms with Crippen molar-refractivity contribution in [2.45, 2.75) is 77.7 Å². The number of benzene rings is 1. The van der Waals surface area contributed by atoms with Crippen molar-refractivity contribution in [3.05, 3.63) is 27.3 Å². The Kier molecular flexibility index (Phi) is 11.8. The highest BCUT2D eigenvalue weighted by Crippen LogP contribution is 2.38. The van der Waals surface area contributed by atoms with Crippen LogP contribution in [0.5, 0.6) is 5.75 Å². The average Bonchev–Trinajstić information content (AvgIpc) is 2.74. The monoisotopic (exact) mass is 593 g/mol. The van der Waals surface area contributed by atoms with E-state index in [1.165, 1.54) is 7.11 Å². The fraction of sp³-hybridized carbons (Fsp3) is 0.667. The van der Waals surface area contributed by atoms with Crippen LogP contribution in [-0.2, 0) is 29.9 Å². The van der Waals surface area contributed by atoms with Crippen molar-refractivity contribution < 1.29 is 28.2 Å². The highest BCUT2D eigenvalue weighted by atomic mass is 127. The molecule has 0 aliphatic rings. The number of hydrogen-bond acceptors (Lipinski definition) is 6. The fourth-order valence-electron chi connectivity index (χ4n) is 2.87. The molecule has 33 heavy (non-hydrogen) atoms. The number of methoxy groups -OCH3 is 2. The first kappa shape index (κ1) is 29.9. The molecule has 1 aromatic rings. The van der Waals surface area contributed by atoms with Gasteiger partial charge in [0.25, 0.3) is 0 Å². The molecule has 1 rings (SSSR count). The first-order valence-electron chi connectivity index (χ1n) is 11.2. The number of halogens is 1. The van der Waals surface area contributed by atoms with Crippen LogP contribution >= 0.6 is 22.6 Å². The van der Waals surface area contributed by atoms with Crippen LogP contribution in [0.1, 0.15) is 46.6 Å². The third-order valence-electron chi connectivity index (χ3n) is 6.22. The Balaban J connectivity index is 3.09. The smallest absolute Gasteiger partial charge is 0.328 e. The van der Waals surface area contributed by atoms with Crippen LogP contribution in [0.2, 0.25) is 18.1 Å². The maximum Gasteiger partial charge on any atom is 0.328 e. The van der Waals surface area contributed by atoms with E-state index in [1.54, 1.807) is 7.11 Å². The van der Waals surface area contributed by atoms with Gasteiger partial charge < -0.3 is 24.0 Å². The molecule has 0 aliphatic carbocycles. The van der Waals surface area contributed by atoms with Crippen LogP contribution in [0, 0.1) is 9.49 Å². The van der Waals surface area contributed by atoms with E-state index in [2.05, 4.69) is 61.8 Å². The third kappa shape index (κ3) is 8.84. The summed E-state index contributed by atoms with van der Waals surface area (Å²) in [6.07, 6.45) is 0.455. The van der Waals surface area contributed by atoms with Crippen LogP contribution in [-0.4, -0.2) is 53.4 Å². The van der Waals surface area contributed by atoms with Crippen LogP contribution in [0.4, 0.5) is 0 Å². The lowest BCUT2D eigenvalue weighted by molar-refractivity contribution is -0.146. The maximum absolute atomic E-state index is 13.4. The molecule has 7 nitrogen and oxygen atoms in total. The summed E-state index contributed by atoms with van der Waals surface area (Å²) >= 11 is 2.17. The summed E-state index contributed by atoms with van der Waals surface area (Å²) in [6, 6.07) is 4.80. The lowest BCUT2D eigenvalue weighted by Gasteiger charge is -2.40. The van der Waals surface area contributed by atoms with Gasteiger partial charge in [-0.05, 0) is 64.3 Å². The van der Waals surface area contributed by atoms with E-state index in [0.717, 1.165) is 15.6 Å². The summed E-state index contributed by atoms with van der Waals surface area (Å²) in [5.41, 5.74) is 0.880. The Labute approximate surface area is 213 Å². The summed E-state index contributed by atoms with van der Waals surface area (Å²) in [6.45, 7) is 14.9. The predicted octanol–water partition coefficient (Wildman–Crippen LogP) is 4.91. The second-order valence-corrected chi connectivity index (χ2v) is 15.7. The van der Waals surface area contributed by atoms with Crippen molar-refractivity contribution in [1.82, 2.24) is 5.32 Å². The van der Waals surface area contributed by atoms with Gasteiger partial charge in [-0.1, -0.05) is 47.1 Å². The SMILES string of the molecule is CC[C@H](C)[C@H](O[Si](C)(C)C(C)(C)C)C(=O)N[C@@H](Cc1ccc(OCOC)c(I)c1)C(=O)OC. The van der Waals surface area contributed by atoms with Crippen LogP contribution in [0.3, 0.4) is 0 Å². The van der Waals surface area contributed by atoms with Crippen LogP contribution in [0.15, 0.2) is 18.2 Å². The van der Waals surface area contributed by atoms with E-state index in [1.807, 2.05) is 32.0 Å². The van der Waals surface area contributed by atoms with Gasteiger partial charge in [0, 0.05) is 13.5 Å². The molecule has 1 aromatic carbocycles. The number of rotatable bonds is 12. The molecule has 188 valence electrons. The molecule has 0 spiro atoms. The molecule has 1 amide bonds. The van der Waals surface area contributed by atoms with Gasteiger partial charge in [0.1, 0.15) is 17.9 Å². The van der Waals surface area contributed by atoms with Crippen molar-refractivity contribution in [1.29, 1.82) is 0 Å². The summed E-state index contributed by atoms with van der Waals surface area (Å²) in [5, 5.41) is 2.87. The van der Waals surface area contributed by atoms with Crippen LogP contribution < -0.4 is 10.1 Å². The zero-order valence-electron chi connectivity index (χ0n) is 21.4. The number of hydrogen-bond donors (Lipinski definition) is 1. The first-order valence-corrected chi connectivity index (χ1v) is 15.2. The van der Waals surface area contributed by atoms with E-state index < -0.39 is 26.4 Å². The lowest BCUT2D eigenvalue weighted by Crippen LogP contribution is -2.54. The molecule has 0 heterocycles. The Morgan fingerprint density at radius 3 is 2.30 bits per heavy atom. The second-order valence-electron chi connectivity index (χ2n) is 9.79. The molecule has 0 unspecified atom stereocenters. The fourth-order valence-corrected chi connectivity index (χ4v) is 4.94. The highest BCUT2D eigenvalue weighted by molar-refractivity contribution is 14.1. The van der Waals surface area contributed by atoms with Gasteiger partial charge in [-0.15, -0.1) is 0 Å². The molecule has 0 bridgehead atoms. The summed E-state index contributed by atoms with van der Waals surface area (Å²) in [4.78, 5) is 25.9. The van der Waals surface area contributed by atoms with Gasteiger partial charge in [-0.2, -0.15) is 0 Å². The highest BCUT2D eigenvalue weighted by Gasteiger charge is 2.42. The summed E-state index contributed by atoms with van der Waals surface area (Å²) in [7, 11) is 0.689. The third-order valence-corrected chi connectivity index (χ3v) is 11.5. The van der Waals surface area contributed by atoms with E-state index in [4.69, 9.17) is 18.6 Å². The first-order chi connectivity index (χ1) is 15.3. The quantitative estimate of drug-likeness (QED) is 0.161. The van der Waals surface area contributed by atoms with Crippen molar-refractivity contribution in [2.75, 3.05) is 21.0 Å². The maximum atomic E-state index is 13.4. The number of nitrogens with one attached hydrogen (secondary N) is 1. The average molecular weight is 594 g/mol. The van der Waals surface area contributed by atoms with E-state index in [0.29, 0.717) is 12.2 Å². The molecule has 0 aromatic heterocycles. The Morgan fingerprint density at radius 1 is 1.18 bits per heavy atom. The van der Waals surface area contributed by atoms with Gasteiger partial charge in [0.15, 0.2) is 15.1 Å². The topological polar surface area (TPSA) is 83.1 Å². The molecular weight excluding hydrogens is 553 g/mol. The van der Waals surface area contributed by atoms with Gasteiger partial charge in [0.2, 0.25) is 5.91 Å². The number of amides is 1. The molecule has 0 saturated heterocycles. The largest absolute Gasteiger partial charge is 0.467 e. The number of carbonyl (C=O) groups is 2. The zero-order valence-corrected chi connectivity index (χ0v) is 24.6. The molecule has 1 N–H and O–H groups in total. The Bertz CT molecular complexity index is 796. The minimum Gasteiger partial charge on any atom is -0.467 e. The summed E-state index contributed by atoms with van der Waals surface area (Å²) in [5.74, 6) is -0.0670.